The van der Waals surface area contributed by atoms with Crippen molar-refractivity contribution in [2.75, 3.05) is 6.61 Å². The largest absolute Gasteiger partial charge is 0.490 e. The van der Waals surface area contributed by atoms with Gasteiger partial charge in [-0.3, -0.25) is 9.89 Å². The third kappa shape index (κ3) is 5.68. The predicted molar refractivity (Wildman–Crippen MR) is 92.8 cm³/mol. The van der Waals surface area contributed by atoms with Gasteiger partial charge in [-0.15, -0.1) is 0 Å². The summed E-state index contributed by atoms with van der Waals surface area (Å²) in [5, 5.41) is 7.04. The third-order valence-corrected chi connectivity index (χ3v) is 3.33. The standard InChI is InChI=1S/C15H18FN3O2.C3H8/c1-9-12(10(2)19-18-9)4-3-7-21-14-8-11(15(17)20)5-6-13(14)16;1-3-2/h5-6,8H,3-4,7H2,1-2H3,(H2,17,20)(H,18,19);3H2,1-2H3. The number of aromatic nitrogens is 2. The molecule has 1 aromatic carbocycles. The molecule has 132 valence electrons. The number of hydrogen-bond acceptors (Lipinski definition) is 3. The van der Waals surface area contributed by atoms with E-state index in [0.29, 0.717) is 6.61 Å². The molecule has 6 heteroatoms. The Morgan fingerprint density at radius 2 is 2.00 bits per heavy atom. The van der Waals surface area contributed by atoms with E-state index in [2.05, 4.69) is 24.0 Å². The molecule has 2 aromatic rings. The summed E-state index contributed by atoms with van der Waals surface area (Å²) in [4.78, 5) is 11.1. The Morgan fingerprint density at radius 1 is 1.33 bits per heavy atom. The van der Waals surface area contributed by atoms with E-state index in [4.69, 9.17) is 10.5 Å². The quantitative estimate of drug-likeness (QED) is 0.790. The molecule has 0 bridgehead atoms. The highest BCUT2D eigenvalue weighted by atomic mass is 19.1. The molecule has 0 aliphatic heterocycles. The summed E-state index contributed by atoms with van der Waals surface area (Å²) in [6.45, 7) is 8.51. The Hall–Kier alpha value is -2.37. The molecular weight excluding hydrogens is 309 g/mol. The Morgan fingerprint density at radius 3 is 2.54 bits per heavy atom. The number of nitrogens with zero attached hydrogens (tertiary/aromatic N) is 1. The molecule has 0 radical (unpaired) electrons. The van der Waals surface area contributed by atoms with Crippen LogP contribution in [0.25, 0.3) is 0 Å². The van der Waals surface area contributed by atoms with Crippen LogP contribution in [0.15, 0.2) is 18.2 Å². The van der Waals surface area contributed by atoms with Crippen LogP contribution in [0.5, 0.6) is 5.75 Å². The monoisotopic (exact) mass is 335 g/mol. The normalized spacial score (nSPS) is 10.0. The van der Waals surface area contributed by atoms with Crippen molar-refractivity contribution in [3.63, 3.8) is 0 Å². The number of nitrogens with two attached hydrogens (primary N) is 1. The molecule has 0 aliphatic rings. The van der Waals surface area contributed by atoms with Gasteiger partial charge in [0.05, 0.1) is 12.3 Å². The highest BCUT2D eigenvalue weighted by Crippen LogP contribution is 2.19. The molecule has 2 rings (SSSR count). The summed E-state index contributed by atoms with van der Waals surface area (Å²) < 4.78 is 19.0. The molecule has 0 spiro atoms. The van der Waals surface area contributed by atoms with E-state index >= 15 is 0 Å². The summed E-state index contributed by atoms with van der Waals surface area (Å²) in [5.74, 6) is -1.06. The molecular formula is C18H26FN3O2. The van der Waals surface area contributed by atoms with E-state index in [1.54, 1.807) is 0 Å². The van der Waals surface area contributed by atoms with Crippen molar-refractivity contribution in [3.05, 3.63) is 46.5 Å². The van der Waals surface area contributed by atoms with E-state index in [0.717, 1.165) is 29.8 Å². The maximum Gasteiger partial charge on any atom is 0.248 e. The van der Waals surface area contributed by atoms with Crippen LogP contribution in [0.2, 0.25) is 0 Å². The van der Waals surface area contributed by atoms with Crippen LogP contribution in [-0.2, 0) is 6.42 Å². The fourth-order valence-corrected chi connectivity index (χ4v) is 2.14. The molecule has 5 nitrogen and oxygen atoms in total. The zero-order valence-corrected chi connectivity index (χ0v) is 14.8. The number of carbonyl (C=O) groups is 1. The summed E-state index contributed by atoms with van der Waals surface area (Å²) in [6, 6.07) is 3.84. The van der Waals surface area contributed by atoms with Crippen molar-refractivity contribution in [2.24, 2.45) is 5.73 Å². The fourth-order valence-electron chi connectivity index (χ4n) is 2.14. The number of halogens is 1. The molecule has 1 amide bonds. The number of rotatable bonds is 6. The molecule has 0 aliphatic carbocycles. The number of primary amides is 1. The van der Waals surface area contributed by atoms with E-state index in [1.807, 2.05) is 13.8 Å². The molecule has 1 aromatic heterocycles. The Balaban J connectivity index is 0.000000891. The maximum absolute atomic E-state index is 13.6. The number of H-pyrrole nitrogens is 1. The zero-order chi connectivity index (χ0) is 18.1. The zero-order valence-electron chi connectivity index (χ0n) is 14.8. The molecule has 0 saturated heterocycles. The number of nitrogens with one attached hydrogen (secondary N) is 1. The van der Waals surface area contributed by atoms with Gasteiger partial charge in [0.25, 0.3) is 0 Å². The number of carbonyl (C=O) groups excluding carboxylic acids is 1. The molecule has 0 unspecified atom stereocenters. The topological polar surface area (TPSA) is 81.0 Å². The molecule has 1 heterocycles. The number of ether oxygens (including phenoxy) is 1. The minimum absolute atomic E-state index is 0.0481. The first-order valence-electron chi connectivity index (χ1n) is 8.13. The predicted octanol–water partition coefficient (Wildman–Crippen LogP) is 3.69. The SMILES string of the molecule is CCC.Cc1n[nH]c(C)c1CCCOc1cc(C(N)=O)ccc1F. The summed E-state index contributed by atoms with van der Waals surface area (Å²) in [6.07, 6.45) is 2.77. The fraction of sp³-hybridized carbons (Fsp3) is 0.444. The van der Waals surface area contributed by atoms with E-state index < -0.39 is 11.7 Å². The lowest BCUT2D eigenvalue weighted by Gasteiger charge is -2.08. The molecule has 0 fully saturated rings. The van der Waals surface area contributed by atoms with Crippen LogP contribution >= 0.6 is 0 Å². The Labute approximate surface area is 142 Å². The van der Waals surface area contributed by atoms with Crippen LogP contribution in [0.1, 0.15) is 54.0 Å². The van der Waals surface area contributed by atoms with E-state index in [1.165, 1.54) is 24.6 Å². The first-order chi connectivity index (χ1) is 11.4. The van der Waals surface area contributed by atoms with Gasteiger partial charge in [0.1, 0.15) is 0 Å². The Kier molecular flexibility index (Phi) is 7.95. The smallest absolute Gasteiger partial charge is 0.248 e. The first kappa shape index (κ1) is 19.7. The second kappa shape index (κ2) is 9.70. The molecule has 24 heavy (non-hydrogen) atoms. The minimum Gasteiger partial charge on any atom is -0.490 e. The van der Waals surface area contributed by atoms with E-state index in [-0.39, 0.29) is 11.3 Å². The number of aryl methyl sites for hydroxylation is 2. The number of benzene rings is 1. The average Bonchev–Trinajstić information content (AvgIpc) is 2.85. The van der Waals surface area contributed by atoms with Crippen LogP contribution in [0, 0.1) is 19.7 Å². The van der Waals surface area contributed by atoms with Gasteiger partial charge in [-0.2, -0.15) is 5.10 Å². The van der Waals surface area contributed by atoms with Crippen molar-refractivity contribution < 1.29 is 13.9 Å². The highest BCUT2D eigenvalue weighted by molar-refractivity contribution is 5.93. The van der Waals surface area contributed by atoms with Crippen LogP contribution in [0.4, 0.5) is 4.39 Å². The Bertz CT molecular complexity index is 649. The highest BCUT2D eigenvalue weighted by Gasteiger charge is 2.09. The van der Waals surface area contributed by atoms with Gasteiger partial charge < -0.3 is 10.5 Å². The lowest BCUT2D eigenvalue weighted by Crippen LogP contribution is -2.11. The van der Waals surface area contributed by atoms with Crippen molar-refractivity contribution in [3.8, 4) is 5.75 Å². The van der Waals surface area contributed by atoms with Gasteiger partial charge in [0.15, 0.2) is 11.6 Å². The second-order valence-electron chi connectivity index (χ2n) is 5.58. The van der Waals surface area contributed by atoms with E-state index in [9.17, 15) is 9.18 Å². The van der Waals surface area contributed by atoms with Gasteiger partial charge in [0, 0.05) is 11.3 Å². The summed E-state index contributed by atoms with van der Waals surface area (Å²) in [5.41, 5.74) is 8.55. The minimum atomic E-state index is -0.607. The van der Waals surface area contributed by atoms with Crippen molar-refractivity contribution >= 4 is 5.91 Å². The summed E-state index contributed by atoms with van der Waals surface area (Å²) >= 11 is 0. The van der Waals surface area contributed by atoms with Crippen LogP contribution in [-0.4, -0.2) is 22.7 Å². The average molecular weight is 335 g/mol. The number of aromatic amines is 1. The van der Waals surface area contributed by atoms with Gasteiger partial charge in [-0.1, -0.05) is 20.3 Å². The molecule has 0 saturated carbocycles. The van der Waals surface area contributed by atoms with Crippen molar-refractivity contribution in [1.82, 2.24) is 10.2 Å². The first-order valence-corrected chi connectivity index (χ1v) is 8.13. The second-order valence-corrected chi connectivity index (χ2v) is 5.58. The van der Waals surface area contributed by atoms with Crippen molar-refractivity contribution in [2.45, 2.75) is 47.0 Å². The summed E-state index contributed by atoms with van der Waals surface area (Å²) in [7, 11) is 0. The van der Waals surface area contributed by atoms with Crippen LogP contribution < -0.4 is 10.5 Å². The molecule has 0 atom stereocenters. The van der Waals surface area contributed by atoms with Crippen LogP contribution in [0.3, 0.4) is 0 Å². The number of hydrogen-bond donors (Lipinski definition) is 2. The third-order valence-electron chi connectivity index (χ3n) is 3.33. The van der Waals surface area contributed by atoms with Gasteiger partial charge in [0.2, 0.25) is 5.91 Å². The van der Waals surface area contributed by atoms with Gasteiger partial charge in [-0.25, -0.2) is 4.39 Å². The van der Waals surface area contributed by atoms with Crippen molar-refractivity contribution in [1.29, 1.82) is 0 Å². The molecule has 3 N–H and O–H groups in total. The maximum atomic E-state index is 13.6. The van der Waals surface area contributed by atoms with Gasteiger partial charge in [-0.05, 0) is 50.5 Å². The lowest BCUT2D eigenvalue weighted by molar-refractivity contribution is 0.0999. The van der Waals surface area contributed by atoms with Gasteiger partial charge >= 0.3 is 0 Å². The number of amides is 1. The lowest BCUT2D eigenvalue weighted by atomic mass is 10.1.